The van der Waals surface area contributed by atoms with Crippen molar-refractivity contribution in [1.29, 1.82) is 0 Å². The van der Waals surface area contributed by atoms with Crippen molar-refractivity contribution in [3.8, 4) is 5.88 Å². The number of fused-ring (bicyclic) bond motifs is 1. The van der Waals surface area contributed by atoms with Crippen molar-refractivity contribution in [2.75, 3.05) is 13.1 Å². The lowest BCUT2D eigenvalue weighted by molar-refractivity contribution is 0.0124. The molecular formula is C17H21ClN4O3. The Morgan fingerprint density at radius 1 is 1.24 bits per heavy atom. The zero-order chi connectivity index (χ0) is 18.0. The van der Waals surface area contributed by atoms with E-state index < -0.39 is 5.60 Å². The second-order valence-corrected chi connectivity index (χ2v) is 7.35. The second kappa shape index (κ2) is 7.00. The number of halogens is 1. The number of ether oxygens (including phenoxy) is 2. The van der Waals surface area contributed by atoms with E-state index in [1.54, 1.807) is 17.0 Å². The molecule has 0 unspecified atom stereocenters. The van der Waals surface area contributed by atoms with Crippen molar-refractivity contribution in [2.45, 2.75) is 45.3 Å². The molecule has 0 atom stereocenters. The number of amides is 1. The van der Waals surface area contributed by atoms with Gasteiger partial charge in [-0.1, -0.05) is 11.6 Å². The van der Waals surface area contributed by atoms with Gasteiger partial charge in [-0.05, 0) is 32.9 Å². The van der Waals surface area contributed by atoms with Crippen molar-refractivity contribution >= 4 is 28.7 Å². The van der Waals surface area contributed by atoms with Gasteiger partial charge in [0.05, 0.1) is 5.52 Å². The third-order valence-corrected chi connectivity index (χ3v) is 4.00. The Balaban J connectivity index is 1.63. The highest BCUT2D eigenvalue weighted by Gasteiger charge is 2.28. The van der Waals surface area contributed by atoms with Crippen molar-refractivity contribution in [3.63, 3.8) is 0 Å². The van der Waals surface area contributed by atoms with E-state index in [0.717, 1.165) is 0 Å². The smallest absolute Gasteiger partial charge is 0.410 e. The Kier molecular flexibility index (Phi) is 4.94. The first kappa shape index (κ1) is 17.7. The zero-order valence-corrected chi connectivity index (χ0v) is 15.3. The number of carbonyl (C=O) groups is 1. The minimum atomic E-state index is -0.491. The highest BCUT2D eigenvalue weighted by Crippen LogP contribution is 2.25. The largest absolute Gasteiger partial charge is 0.473 e. The third-order valence-electron chi connectivity index (χ3n) is 3.79. The predicted octanol–water partition coefficient (Wildman–Crippen LogP) is 3.46. The molecule has 1 aliphatic heterocycles. The average molecular weight is 365 g/mol. The molecule has 1 aliphatic rings. The molecule has 3 heterocycles. The van der Waals surface area contributed by atoms with Crippen LogP contribution in [0.4, 0.5) is 4.79 Å². The lowest BCUT2D eigenvalue weighted by Gasteiger charge is -2.33. The summed E-state index contributed by atoms with van der Waals surface area (Å²) < 4.78 is 11.4. The summed E-state index contributed by atoms with van der Waals surface area (Å²) in [6.45, 7) is 6.74. The van der Waals surface area contributed by atoms with Gasteiger partial charge in [-0.25, -0.2) is 14.8 Å². The van der Waals surface area contributed by atoms with Crippen molar-refractivity contribution in [3.05, 3.63) is 23.6 Å². The standard InChI is InChI=1S/C17H21ClN4O3/c1-17(2,3)25-16(23)22-8-6-11(7-9-22)24-15-14-12(19-10-20-15)4-5-13(18)21-14/h4-5,10-11H,6-9H2,1-3H3. The van der Waals surface area contributed by atoms with Crippen LogP contribution in [0.15, 0.2) is 18.5 Å². The molecule has 0 aromatic carbocycles. The first-order valence-electron chi connectivity index (χ1n) is 8.24. The number of likely N-dealkylation sites (tertiary alicyclic amines) is 1. The highest BCUT2D eigenvalue weighted by molar-refractivity contribution is 6.29. The van der Waals surface area contributed by atoms with E-state index in [2.05, 4.69) is 15.0 Å². The van der Waals surface area contributed by atoms with Crippen molar-refractivity contribution < 1.29 is 14.3 Å². The fourth-order valence-corrected chi connectivity index (χ4v) is 2.77. The first-order chi connectivity index (χ1) is 11.8. The second-order valence-electron chi connectivity index (χ2n) is 6.97. The predicted molar refractivity (Wildman–Crippen MR) is 93.8 cm³/mol. The summed E-state index contributed by atoms with van der Waals surface area (Å²) in [5, 5.41) is 0.367. The Labute approximate surface area is 151 Å². The normalized spacial score (nSPS) is 16.1. The lowest BCUT2D eigenvalue weighted by atomic mass is 10.1. The lowest BCUT2D eigenvalue weighted by Crippen LogP contribution is -2.44. The number of aromatic nitrogens is 3. The van der Waals surface area contributed by atoms with Crippen LogP contribution in [0.5, 0.6) is 5.88 Å². The molecule has 8 heteroatoms. The van der Waals surface area contributed by atoms with Gasteiger partial charge in [0.1, 0.15) is 23.2 Å². The van der Waals surface area contributed by atoms with Gasteiger partial charge in [-0.2, -0.15) is 4.98 Å². The maximum Gasteiger partial charge on any atom is 0.410 e. The third kappa shape index (κ3) is 4.48. The molecule has 7 nitrogen and oxygen atoms in total. The molecule has 1 saturated heterocycles. The van der Waals surface area contributed by atoms with E-state index >= 15 is 0 Å². The Bertz CT molecular complexity index is 770. The zero-order valence-electron chi connectivity index (χ0n) is 14.5. The minimum absolute atomic E-state index is 0.0439. The van der Waals surface area contributed by atoms with E-state index in [1.165, 1.54) is 6.33 Å². The van der Waals surface area contributed by atoms with Gasteiger partial charge < -0.3 is 14.4 Å². The maximum atomic E-state index is 12.1. The van der Waals surface area contributed by atoms with E-state index in [9.17, 15) is 4.79 Å². The molecule has 134 valence electrons. The number of piperidine rings is 1. The Morgan fingerprint density at radius 3 is 2.64 bits per heavy atom. The van der Waals surface area contributed by atoms with Gasteiger partial charge in [-0.3, -0.25) is 0 Å². The average Bonchev–Trinajstić information content (AvgIpc) is 2.54. The van der Waals surface area contributed by atoms with E-state index in [-0.39, 0.29) is 12.2 Å². The minimum Gasteiger partial charge on any atom is -0.473 e. The van der Waals surface area contributed by atoms with Gasteiger partial charge in [0.2, 0.25) is 5.88 Å². The van der Waals surface area contributed by atoms with Crippen LogP contribution in [0.3, 0.4) is 0 Å². The van der Waals surface area contributed by atoms with Gasteiger partial charge in [-0.15, -0.1) is 0 Å². The summed E-state index contributed by atoms with van der Waals surface area (Å²) in [4.78, 5) is 26.4. The molecule has 25 heavy (non-hydrogen) atoms. The van der Waals surface area contributed by atoms with Crippen LogP contribution in [0.1, 0.15) is 33.6 Å². The van der Waals surface area contributed by atoms with Crippen molar-refractivity contribution in [2.24, 2.45) is 0 Å². The fraction of sp³-hybridized carbons (Fsp3) is 0.529. The number of hydrogen-bond donors (Lipinski definition) is 0. The molecule has 2 aromatic rings. The van der Waals surface area contributed by atoms with Gasteiger partial charge in [0.15, 0.2) is 5.52 Å². The van der Waals surface area contributed by atoms with Crippen LogP contribution < -0.4 is 4.74 Å². The van der Waals surface area contributed by atoms with Gasteiger partial charge in [0, 0.05) is 25.9 Å². The van der Waals surface area contributed by atoms with Gasteiger partial charge in [0.25, 0.3) is 0 Å². The summed E-state index contributed by atoms with van der Waals surface area (Å²) in [6, 6.07) is 3.46. The number of nitrogens with zero attached hydrogens (tertiary/aromatic N) is 4. The van der Waals surface area contributed by atoms with Crippen LogP contribution in [0, 0.1) is 0 Å². The molecule has 0 radical (unpaired) electrons. The summed E-state index contributed by atoms with van der Waals surface area (Å²) in [7, 11) is 0. The van der Waals surface area contributed by atoms with Crippen LogP contribution in [0.2, 0.25) is 5.15 Å². The SMILES string of the molecule is CC(C)(C)OC(=O)N1CCC(Oc2ncnc3ccc(Cl)nc23)CC1. The molecular weight excluding hydrogens is 344 g/mol. The quantitative estimate of drug-likeness (QED) is 0.759. The number of carbonyl (C=O) groups excluding carboxylic acids is 1. The van der Waals surface area contributed by atoms with Gasteiger partial charge >= 0.3 is 6.09 Å². The summed E-state index contributed by atoms with van der Waals surface area (Å²) >= 11 is 5.96. The summed E-state index contributed by atoms with van der Waals surface area (Å²) in [5.41, 5.74) is 0.736. The van der Waals surface area contributed by atoms with E-state index in [4.69, 9.17) is 21.1 Å². The van der Waals surface area contributed by atoms with Crippen molar-refractivity contribution in [1.82, 2.24) is 19.9 Å². The highest BCUT2D eigenvalue weighted by atomic mass is 35.5. The Hall–Kier alpha value is -2.15. The first-order valence-corrected chi connectivity index (χ1v) is 8.61. The molecule has 0 bridgehead atoms. The monoisotopic (exact) mass is 364 g/mol. The topological polar surface area (TPSA) is 77.4 Å². The molecule has 0 saturated carbocycles. The molecule has 1 fully saturated rings. The number of rotatable bonds is 2. The molecule has 3 rings (SSSR count). The molecule has 0 aliphatic carbocycles. The van der Waals surface area contributed by atoms with Crippen LogP contribution in [0.25, 0.3) is 11.0 Å². The summed E-state index contributed by atoms with van der Waals surface area (Å²) in [6.07, 6.45) is 2.52. The molecule has 1 amide bonds. The van der Waals surface area contributed by atoms with Crippen LogP contribution in [-0.2, 0) is 4.74 Å². The van der Waals surface area contributed by atoms with E-state index in [0.29, 0.717) is 48.0 Å². The molecule has 0 N–H and O–H groups in total. The van der Waals surface area contributed by atoms with Crippen LogP contribution >= 0.6 is 11.6 Å². The van der Waals surface area contributed by atoms with Crippen LogP contribution in [-0.4, -0.2) is 50.7 Å². The Morgan fingerprint density at radius 2 is 1.96 bits per heavy atom. The number of hydrogen-bond acceptors (Lipinski definition) is 6. The fourth-order valence-electron chi connectivity index (χ4n) is 2.62. The maximum absolute atomic E-state index is 12.1. The number of pyridine rings is 1. The molecule has 2 aromatic heterocycles. The summed E-state index contributed by atoms with van der Waals surface area (Å²) in [5.74, 6) is 0.420. The molecule has 0 spiro atoms. The van der Waals surface area contributed by atoms with E-state index in [1.807, 2.05) is 20.8 Å².